The molecule has 0 bridgehead atoms. The third kappa shape index (κ3) is 8.17. The van der Waals surface area contributed by atoms with Crippen LogP contribution in [0.5, 0.6) is 11.6 Å². The smallest absolute Gasteiger partial charge is 0.220 e. The second-order valence-corrected chi connectivity index (χ2v) is 7.12. The van der Waals surface area contributed by atoms with Crippen LogP contribution < -0.4 is 15.4 Å². The van der Waals surface area contributed by atoms with Gasteiger partial charge in [0, 0.05) is 25.2 Å². The SMILES string of the molecule is CC(CC(=O)NCc1ccnc(Oc2ccc(F)cc2)c1)C1CCCNC1.Cl.Cl. The summed E-state index contributed by atoms with van der Waals surface area (Å²) in [5.74, 6) is 1.61. The van der Waals surface area contributed by atoms with Gasteiger partial charge < -0.3 is 15.4 Å². The van der Waals surface area contributed by atoms with Crippen molar-refractivity contribution < 1.29 is 13.9 Å². The van der Waals surface area contributed by atoms with E-state index in [9.17, 15) is 9.18 Å². The number of pyridine rings is 1. The second-order valence-electron chi connectivity index (χ2n) is 7.12. The summed E-state index contributed by atoms with van der Waals surface area (Å²) in [5, 5.41) is 6.38. The average molecular weight is 444 g/mol. The van der Waals surface area contributed by atoms with E-state index in [0.717, 1.165) is 18.7 Å². The summed E-state index contributed by atoms with van der Waals surface area (Å²) in [5.41, 5.74) is 0.905. The molecule has 2 heterocycles. The normalized spacial score (nSPS) is 16.7. The molecule has 0 spiro atoms. The van der Waals surface area contributed by atoms with Gasteiger partial charge in [-0.05, 0) is 73.7 Å². The Morgan fingerprint density at radius 3 is 2.76 bits per heavy atom. The van der Waals surface area contributed by atoms with Crippen LogP contribution >= 0.6 is 24.8 Å². The number of hydrogen-bond acceptors (Lipinski definition) is 4. The lowest BCUT2D eigenvalue weighted by atomic mass is 9.85. The van der Waals surface area contributed by atoms with Gasteiger partial charge in [-0.15, -0.1) is 24.8 Å². The Labute approximate surface area is 183 Å². The number of amides is 1. The van der Waals surface area contributed by atoms with Gasteiger partial charge in [-0.25, -0.2) is 9.37 Å². The average Bonchev–Trinajstić information content (AvgIpc) is 2.69. The number of nitrogens with one attached hydrogen (secondary N) is 2. The molecule has 8 heteroatoms. The van der Waals surface area contributed by atoms with Crippen molar-refractivity contribution in [1.82, 2.24) is 15.6 Å². The van der Waals surface area contributed by atoms with E-state index in [1.807, 2.05) is 6.07 Å². The zero-order valence-corrected chi connectivity index (χ0v) is 18.0. The third-order valence-corrected chi connectivity index (χ3v) is 4.97. The maximum absolute atomic E-state index is 13.0. The molecule has 3 rings (SSSR count). The molecule has 0 radical (unpaired) electrons. The zero-order valence-electron chi connectivity index (χ0n) is 16.4. The van der Waals surface area contributed by atoms with Gasteiger partial charge >= 0.3 is 0 Å². The molecule has 1 fully saturated rings. The molecule has 29 heavy (non-hydrogen) atoms. The first kappa shape index (κ1) is 25.1. The van der Waals surface area contributed by atoms with E-state index < -0.39 is 0 Å². The molecule has 1 saturated heterocycles. The van der Waals surface area contributed by atoms with Crippen molar-refractivity contribution in [3.05, 3.63) is 54.0 Å². The quantitative estimate of drug-likeness (QED) is 0.660. The maximum Gasteiger partial charge on any atom is 0.220 e. The number of piperidine rings is 1. The van der Waals surface area contributed by atoms with Gasteiger partial charge in [0.05, 0.1) is 0 Å². The van der Waals surface area contributed by atoms with Crippen molar-refractivity contribution in [2.75, 3.05) is 13.1 Å². The van der Waals surface area contributed by atoms with Crippen LogP contribution in [0.4, 0.5) is 4.39 Å². The molecule has 0 saturated carbocycles. The highest BCUT2D eigenvalue weighted by atomic mass is 35.5. The van der Waals surface area contributed by atoms with Crippen LogP contribution in [0.1, 0.15) is 31.7 Å². The van der Waals surface area contributed by atoms with Gasteiger partial charge in [-0.3, -0.25) is 4.79 Å². The van der Waals surface area contributed by atoms with Crippen molar-refractivity contribution in [3.63, 3.8) is 0 Å². The van der Waals surface area contributed by atoms with Crippen LogP contribution in [0, 0.1) is 17.7 Å². The highest BCUT2D eigenvalue weighted by Gasteiger charge is 2.21. The predicted molar refractivity (Wildman–Crippen MR) is 116 cm³/mol. The van der Waals surface area contributed by atoms with Crippen LogP contribution in [0.2, 0.25) is 0 Å². The van der Waals surface area contributed by atoms with Gasteiger partial charge in [0.25, 0.3) is 0 Å². The number of halogens is 3. The van der Waals surface area contributed by atoms with E-state index in [2.05, 4.69) is 22.5 Å². The first-order valence-corrected chi connectivity index (χ1v) is 9.46. The minimum absolute atomic E-state index is 0. The Bertz CT molecular complexity index is 756. The zero-order chi connectivity index (χ0) is 19.1. The summed E-state index contributed by atoms with van der Waals surface area (Å²) >= 11 is 0. The minimum atomic E-state index is -0.315. The van der Waals surface area contributed by atoms with E-state index in [-0.39, 0.29) is 36.5 Å². The summed E-state index contributed by atoms with van der Waals surface area (Å²) in [6.07, 6.45) is 4.55. The molecule has 1 aromatic carbocycles. The lowest BCUT2D eigenvalue weighted by Gasteiger charge is -2.28. The Morgan fingerprint density at radius 1 is 1.31 bits per heavy atom. The van der Waals surface area contributed by atoms with Crippen molar-refractivity contribution in [1.29, 1.82) is 0 Å². The monoisotopic (exact) mass is 443 g/mol. The molecule has 2 atom stereocenters. The maximum atomic E-state index is 13.0. The number of carbonyl (C=O) groups excluding carboxylic acids is 1. The molecule has 1 aromatic heterocycles. The first-order valence-electron chi connectivity index (χ1n) is 9.46. The second kappa shape index (κ2) is 12.6. The van der Waals surface area contributed by atoms with E-state index in [4.69, 9.17) is 4.74 Å². The Kier molecular flexibility index (Phi) is 10.9. The number of rotatable bonds is 7. The van der Waals surface area contributed by atoms with E-state index in [1.54, 1.807) is 24.4 Å². The number of carbonyl (C=O) groups is 1. The molecule has 5 nitrogen and oxygen atoms in total. The van der Waals surface area contributed by atoms with Crippen molar-refractivity contribution in [2.24, 2.45) is 11.8 Å². The largest absolute Gasteiger partial charge is 0.439 e. The number of hydrogen-bond donors (Lipinski definition) is 2. The van der Waals surface area contributed by atoms with Crippen LogP contribution in [0.25, 0.3) is 0 Å². The van der Waals surface area contributed by atoms with Gasteiger partial charge in [-0.1, -0.05) is 6.92 Å². The van der Waals surface area contributed by atoms with Crippen LogP contribution in [0.15, 0.2) is 42.6 Å². The fourth-order valence-electron chi connectivity index (χ4n) is 3.34. The Hall–Kier alpha value is -1.89. The molecular formula is C21H28Cl2FN3O2. The number of nitrogens with zero attached hydrogens (tertiary/aromatic N) is 1. The molecule has 2 unspecified atom stereocenters. The fraction of sp³-hybridized carbons (Fsp3) is 0.429. The molecule has 2 N–H and O–H groups in total. The molecule has 2 aromatic rings. The van der Waals surface area contributed by atoms with Crippen molar-refractivity contribution in [2.45, 2.75) is 32.7 Å². The lowest BCUT2D eigenvalue weighted by molar-refractivity contribution is -0.122. The highest BCUT2D eigenvalue weighted by Crippen LogP contribution is 2.23. The van der Waals surface area contributed by atoms with Gasteiger partial charge in [0.15, 0.2) is 0 Å². The molecule has 0 aliphatic carbocycles. The summed E-state index contributed by atoms with van der Waals surface area (Å²) < 4.78 is 18.6. The van der Waals surface area contributed by atoms with E-state index >= 15 is 0 Å². The Morgan fingerprint density at radius 2 is 2.07 bits per heavy atom. The molecule has 160 valence electrons. The summed E-state index contributed by atoms with van der Waals surface area (Å²) in [6.45, 7) is 4.66. The standard InChI is InChI=1S/C21H26FN3O2.2ClH/c1-15(17-3-2-9-23-14-17)11-20(26)25-13-16-8-10-24-21(12-16)27-19-6-4-18(22)5-7-19;;/h4-8,10,12,15,17,23H,2-3,9,11,13-14H2,1H3,(H,25,26);2*1H. The summed E-state index contributed by atoms with van der Waals surface area (Å²) in [6, 6.07) is 9.38. The fourth-order valence-corrected chi connectivity index (χ4v) is 3.34. The van der Waals surface area contributed by atoms with Crippen LogP contribution in [-0.2, 0) is 11.3 Å². The molecule has 1 amide bonds. The van der Waals surface area contributed by atoms with Gasteiger partial charge in [0.1, 0.15) is 11.6 Å². The van der Waals surface area contributed by atoms with Gasteiger partial charge in [-0.2, -0.15) is 0 Å². The number of aromatic nitrogens is 1. The topological polar surface area (TPSA) is 63.2 Å². The Balaban J connectivity index is 0.00000210. The van der Waals surface area contributed by atoms with Crippen LogP contribution in [-0.4, -0.2) is 24.0 Å². The van der Waals surface area contributed by atoms with Gasteiger partial charge in [0.2, 0.25) is 11.8 Å². The summed E-state index contributed by atoms with van der Waals surface area (Å²) in [4.78, 5) is 16.4. The third-order valence-electron chi connectivity index (χ3n) is 4.97. The van der Waals surface area contributed by atoms with E-state index in [0.29, 0.717) is 36.4 Å². The molecule has 1 aliphatic rings. The van der Waals surface area contributed by atoms with Crippen molar-refractivity contribution >= 4 is 30.7 Å². The predicted octanol–water partition coefficient (Wildman–Crippen LogP) is 4.50. The summed E-state index contributed by atoms with van der Waals surface area (Å²) in [7, 11) is 0. The molecular weight excluding hydrogens is 416 g/mol. The number of benzene rings is 1. The number of ether oxygens (including phenoxy) is 1. The molecule has 1 aliphatic heterocycles. The first-order chi connectivity index (χ1) is 13.1. The van der Waals surface area contributed by atoms with E-state index in [1.165, 1.54) is 25.0 Å². The van der Waals surface area contributed by atoms with Crippen molar-refractivity contribution in [3.8, 4) is 11.6 Å². The highest BCUT2D eigenvalue weighted by molar-refractivity contribution is 5.85. The minimum Gasteiger partial charge on any atom is -0.439 e. The van der Waals surface area contributed by atoms with Crippen LogP contribution in [0.3, 0.4) is 0 Å². The lowest BCUT2D eigenvalue weighted by Crippen LogP contribution is -2.35.